The Hall–Kier alpha value is -2.97. The predicted molar refractivity (Wildman–Crippen MR) is 141 cm³/mol. The van der Waals surface area contributed by atoms with Gasteiger partial charge in [0.2, 0.25) is 0 Å². The van der Waals surface area contributed by atoms with E-state index >= 15 is 0 Å². The van der Waals surface area contributed by atoms with E-state index < -0.39 is 12.0 Å². The van der Waals surface area contributed by atoms with Gasteiger partial charge in [-0.25, -0.2) is 9.79 Å². The number of rotatable bonds is 8. The Labute approximate surface area is 216 Å². The summed E-state index contributed by atoms with van der Waals surface area (Å²) in [5.74, 6) is 0.240. The van der Waals surface area contributed by atoms with Crippen LogP contribution in [0.2, 0.25) is 0 Å². The van der Waals surface area contributed by atoms with Crippen molar-refractivity contribution in [1.82, 2.24) is 4.57 Å². The zero-order chi connectivity index (χ0) is 24.9. The first kappa shape index (κ1) is 25.1. The Morgan fingerprint density at radius 2 is 1.97 bits per heavy atom. The lowest BCUT2D eigenvalue weighted by atomic mass is 9.95. The molecule has 0 N–H and O–H groups in total. The molecule has 182 valence electrons. The van der Waals surface area contributed by atoms with Crippen molar-refractivity contribution >= 4 is 39.3 Å². The highest BCUT2D eigenvalue weighted by atomic mass is 79.9. The summed E-state index contributed by atoms with van der Waals surface area (Å²) in [6.07, 6.45) is 4.36. The fraction of sp³-hybridized carbons (Fsp3) is 0.296. The molecule has 0 saturated carbocycles. The predicted octanol–water partition coefficient (Wildman–Crippen LogP) is 4.74. The zero-order valence-corrected chi connectivity index (χ0v) is 22.3. The van der Waals surface area contributed by atoms with Gasteiger partial charge in [-0.05, 0) is 42.7 Å². The number of hydrogen-bond acceptors (Lipinski definition) is 6. The van der Waals surface area contributed by atoms with E-state index in [1.54, 1.807) is 4.57 Å². The van der Waals surface area contributed by atoms with Gasteiger partial charge in [0.15, 0.2) is 4.80 Å². The van der Waals surface area contributed by atoms with Crippen molar-refractivity contribution in [3.05, 3.63) is 95.1 Å². The highest BCUT2D eigenvalue weighted by Crippen LogP contribution is 2.31. The number of benzene rings is 2. The summed E-state index contributed by atoms with van der Waals surface area (Å²) in [4.78, 5) is 31.9. The van der Waals surface area contributed by atoms with E-state index in [0.717, 1.165) is 34.2 Å². The topological polar surface area (TPSA) is 69.9 Å². The maximum Gasteiger partial charge on any atom is 0.338 e. The molecular formula is C27H27BrN2O4S. The number of carbonyl (C=O) groups excluding carboxylic acids is 1. The van der Waals surface area contributed by atoms with Crippen LogP contribution in [0.25, 0.3) is 6.08 Å². The van der Waals surface area contributed by atoms with Crippen molar-refractivity contribution in [2.45, 2.75) is 39.2 Å². The van der Waals surface area contributed by atoms with Crippen molar-refractivity contribution < 1.29 is 14.3 Å². The lowest BCUT2D eigenvalue weighted by molar-refractivity contribution is -0.136. The molecule has 1 aliphatic heterocycles. The first-order valence-corrected chi connectivity index (χ1v) is 13.2. The number of nitrogens with zero attached hydrogens (tertiary/aromatic N) is 2. The molecule has 0 amide bonds. The number of halogens is 1. The molecule has 2 aromatic carbocycles. The maximum atomic E-state index is 13.8. The Balaban J connectivity index is 1.93. The van der Waals surface area contributed by atoms with Crippen LogP contribution in [0.1, 0.15) is 50.3 Å². The van der Waals surface area contributed by atoms with E-state index in [-0.39, 0.29) is 5.56 Å². The number of carbonyl (C=O) groups is 1. The molecule has 1 aliphatic rings. The third-order valence-corrected chi connectivity index (χ3v) is 7.26. The molecule has 3 aromatic rings. The molecule has 6 nitrogen and oxygen atoms in total. The van der Waals surface area contributed by atoms with Crippen LogP contribution in [0.15, 0.2) is 74.1 Å². The quantitative estimate of drug-likeness (QED) is 0.298. The summed E-state index contributed by atoms with van der Waals surface area (Å²) in [6.45, 7) is 4.67. The zero-order valence-electron chi connectivity index (χ0n) is 19.9. The standard InChI is InChI=1S/C27H27BrN2O4S/c1-4-6-14-34-21-13-12-19(28)15-18(21)16-22-25(31)30-24(17-10-8-7-9-11-17)23(26(32)33-3)20(5-2)29-27(30)35-22/h7-13,15-16,24H,4-6,14H2,1-3H3/b22-16+/t24-/m1/s1. The molecule has 0 bridgehead atoms. The van der Waals surface area contributed by atoms with E-state index in [4.69, 9.17) is 14.5 Å². The van der Waals surface area contributed by atoms with Crippen LogP contribution >= 0.6 is 27.3 Å². The van der Waals surface area contributed by atoms with Crippen LogP contribution in [-0.2, 0) is 9.53 Å². The molecule has 8 heteroatoms. The van der Waals surface area contributed by atoms with Crippen LogP contribution in [-0.4, -0.2) is 24.3 Å². The molecule has 0 fully saturated rings. The van der Waals surface area contributed by atoms with E-state index in [1.165, 1.54) is 18.4 Å². The highest BCUT2D eigenvalue weighted by Gasteiger charge is 2.33. The molecule has 0 spiro atoms. The number of fused-ring (bicyclic) bond motifs is 1. The molecule has 4 rings (SSSR count). The average molecular weight is 555 g/mol. The number of hydrogen-bond donors (Lipinski definition) is 0. The number of methoxy groups -OCH3 is 1. The fourth-order valence-electron chi connectivity index (χ4n) is 4.05. The molecule has 0 aliphatic carbocycles. The van der Waals surface area contributed by atoms with Gasteiger partial charge in [0, 0.05) is 10.0 Å². The van der Waals surface area contributed by atoms with Gasteiger partial charge in [0.1, 0.15) is 5.75 Å². The second-order valence-corrected chi connectivity index (χ2v) is 10.0. The Bertz CT molecular complexity index is 1440. The van der Waals surface area contributed by atoms with Gasteiger partial charge in [0.05, 0.1) is 35.6 Å². The van der Waals surface area contributed by atoms with Crippen LogP contribution in [0.3, 0.4) is 0 Å². The van der Waals surface area contributed by atoms with Gasteiger partial charge in [0.25, 0.3) is 5.56 Å². The molecule has 35 heavy (non-hydrogen) atoms. The molecule has 0 radical (unpaired) electrons. The summed E-state index contributed by atoms with van der Waals surface area (Å²) in [7, 11) is 1.35. The second-order valence-electron chi connectivity index (χ2n) is 8.08. The van der Waals surface area contributed by atoms with Crippen LogP contribution < -0.4 is 19.6 Å². The summed E-state index contributed by atoms with van der Waals surface area (Å²) in [6, 6.07) is 14.7. The van der Waals surface area contributed by atoms with E-state index in [0.29, 0.717) is 33.6 Å². The minimum Gasteiger partial charge on any atom is -0.493 e. The average Bonchev–Trinajstić information content (AvgIpc) is 3.18. The summed E-state index contributed by atoms with van der Waals surface area (Å²) in [5.41, 5.74) is 2.45. The largest absolute Gasteiger partial charge is 0.493 e. The van der Waals surface area contributed by atoms with Gasteiger partial charge in [-0.1, -0.05) is 77.9 Å². The third kappa shape index (κ3) is 5.18. The number of unbranched alkanes of at least 4 members (excludes halogenated alkanes) is 1. The fourth-order valence-corrected chi connectivity index (χ4v) is 5.44. The van der Waals surface area contributed by atoms with Gasteiger partial charge >= 0.3 is 5.97 Å². The number of thiazole rings is 1. The summed E-state index contributed by atoms with van der Waals surface area (Å²) < 4.78 is 14.1. The van der Waals surface area contributed by atoms with Gasteiger partial charge in [-0.2, -0.15) is 0 Å². The molecule has 1 aromatic heterocycles. The molecule has 2 heterocycles. The minimum atomic E-state index is -0.611. The van der Waals surface area contributed by atoms with E-state index in [2.05, 4.69) is 22.9 Å². The first-order chi connectivity index (χ1) is 17.0. The number of ether oxygens (including phenoxy) is 2. The summed E-state index contributed by atoms with van der Waals surface area (Å²) >= 11 is 4.83. The smallest absolute Gasteiger partial charge is 0.338 e. The molecule has 0 saturated heterocycles. The second kappa shape index (κ2) is 11.2. The monoisotopic (exact) mass is 554 g/mol. The van der Waals surface area contributed by atoms with E-state index in [1.807, 2.05) is 61.5 Å². The minimum absolute atomic E-state index is 0.210. The molecule has 1 atom stereocenters. The lowest BCUT2D eigenvalue weighted by Gasteiger charge is -2.25. The lowest BCUT2D eigenvalue weighted by Crippen LogP contribution is -2.40. The third-order valence-electron chi connectivity index (χ3n) is 5.78. The van der Waals surface area contributed by atoms with E-state index in [9.17, 15) is 9.59 Å². The van der Waals surface area contributed by atoms with Gasteiger partial charge in [-0.15, -0.1) is 0 Å². The van der Waals surface area contributed by atoms with Crippen molar-refractivity contribution in [2.75, 3.05) is 13.7 Å². The summed E-state index contributed by atoms with van der Waals surface area (Å²) in [5, 5.41) is 0. The van der Waals surface area contributed by atoms with Crippen molar-refractivity contribution in [3.8, 4) is 5.75 Å². The number of esters is 1. The van der Waals surface area contributed by atoms with Gasteiger partial charge in [-0.3, -0.25) is 9.36 Å². The normalized spacial score (nSPS) is 15.5. The van der Waals surface area contributed by atoms with Crippen LogP contribution in [0, 0.1) is 0 Å². The van der Waals surface area contributed by atoms with Crippen LogP contribution in [0.4, 0.5) is 0 Å². The number of aromatic nitrogens is 1. The molecule has 0 unspecified atom stereocenters. The SMILES string of the molecule is CCCCOc1ccc(Br)cc1/C=c1/sc2n(c1=O)[C@H](c1ccccc1)C(C(=O)OC)=C(CC)N=2. The Kier molecular flexibility index (Phi) is 8.03. The Morgan fingerprint density at radius 1 is 1.20 bits per heavy atom. The van der Waals surface area contributed by atoms with Crippen LogP contribution in [0.5, 0.6) is 5.75 Å². The number of allylic oxidation sites excluding steroid dienone is 1. The first-order valence-electron chi connectivity index (χ1n) is 11.6. The highest BCUT2D eigenvalue weighted by molar-refractivity contribution is 9.10. The van der Waals surface area contributed by atoms with Crippen molar-refractivity contribution in [3.63, 3.8) is 0 Å². The van der Waals surface area contributed by atoms with Gasteiger partial charge < -0.3 is 9.47 Å². The maximum absolute atomic E-state index is 13.8. The molecular weight excluding hydrogens is 528 g/mol. The Morgan fingerprint density at radius 3 is 2.66 bits per heavy atom. The van der Waals surface area contributed by atoms with Crippen molar-refractivity contribution in [1.29, 1.82) is 0 Å². The van der Waals surface area contributed by atoms with Crippen molar-refractivity contribution in [2.24, 2.45) is 4.99 Å².